The fourth-order valence-corrected chi connectivity index (χ4v) is 0.768. The molecule has 0 saturated carbocycles. The van der Waals surface area contributed by atoms with Gasteiger partial charge in [0, 0.05) is 6.42 Å². The average Bonchev–Trinajstić information content (AvgIpc) is 2.51. The summed E-state index contributed by atoms with van der Waals surface area (Å²) in [5.74, 6) is -1.24. The average molecular weight is 172 g/mol. The summed E-state index contributed by atoms with van der Waals surface area (Å²) >= 11 is 0. The largest absolute Gasteiger partial charge is 0.464 e. The molecule has 6 heteroatoms. The number of hydrogen-bond donors (Lipinski definition) is 1. The molecule has 0 spiro atoms. The predicted molar refractivity (Wildman–Crippen MR) is 38.1 cm³/mol. The molecule has 0 bridgehead atoms. The number of ether oxygens (including phenoxy) is 1. The Morgan fingerprint density at radius 2 is 2.42 bits per heavy atom. The van der Waals surface area contributed by atoms with Crippen LogP contribution in [0.2, 0.25) is 0 Å². The van der Waals surface area contributed by atoms with Crippen LogP contribution in [0, 0.1) is 0 Å². The Bertz CT molecular complexity index is 248. The van der Waals surface area contributed by atoms with Gasteiger partial charge in [0.15, 0.2) is 5.71 Å². The third kappa shape index (κ3) is 1.52. The summed E-state index contributed by atoms with van der Waals surface area (Å²) in [5.41, 5.74) is 5.00. The standard InChI is InChI=1S/C6H8N2O4/c1-11-6(10)3-2-4(5(7)9)12-8-3/h4H,2H2,1H3,(H2,7,9). The monoisotopic (exact) mass is 172 g/mol. The van der Waals surface area contributed by atoms with Crippen LogP contribution in [-0.2, 0) is 19.2 Å². The van der Waals surface area contributed by atoms with Crippen molar-refractivity contribution in [3.05, 3.63) is 0 Å². The van der Waals surface area contributed by atoms with Gasteiger partial charge >= 0.3 is 5.97 Å². The van der Waals surface area contributed by atoms with E-state index in [2.05, 4.69) is 14.7 Å². The molecule has 0 aromatic carbocycles. The Kier molecular flexibility index (Phi) is 2.27. The van der Waals surface area contributed by atoms with E-state index in [4.69, 9.17) is 5.73 Å². The number of primary amides is 1. The summed E-state index contributed by atoms with van der Waals surface area (Å²) in [6, 6.07) is 0. The van der Waals surface area contributed by atoms with Crippen LogP contribution in [0.4, 0.5) is 0 Å². The number of rotatable bonds is 2. The van der Waals surface area contributed by atoms with E-state index in [1.807, 2.05) is 0 Å². The molecule has 0 saturated heterocycles. The van der Waals surface area contributed by atoms with Crippen LogP contribution in [0.5, 0.6) is 0 Å². The lowest BCUT2D eigenvalue weighted by atomic mass is 10.2. The van der Waals surface area contributed by atoms with Crippen LogP contribution in [0.15, 0.2) is 5.16 Å². The summed E-state index contributed by atoms with van der Waals surface area (Å²) in [4.78, 5) is 25.9. The van der Waals surface area contributed by atoms with Gasteiger partial charge in [0.05, 0.1) is 7.11 Å². The quantitative estimate of drug-likeness (QED) is 0.529. The minimum atomic E-state index is -0.834. The van der Waals surface area contributed by atoms with E-state index >= 15 is 0 Å². The lowest BCUT2D eigenvalue weighted by Crippen LogP contribution is -2.29. The first kappa shape index (κ1) is 8.51. The maximum Gasteiger partial charge on any atom is 0.355 e. The fourth-order valence-electron chi connectivity index (χ4n) is 0.768. The predicted octanol–water partition coefficient (Wildman–Crippen LogP) is -1.21. The zero-order valence-electron chi connectivity index (χ0n) is 6.44. The van der Waals surface area contributed by atoms with E-state index < -0.39 is 18.0 Å². The topological polar surface area (TPSA) is 91.0 Å². The maximum absolute atomic E-state index is 10.8. The Morgan fingerprint density at radius 3 is 2.83 bits per heavy atom. The Hall–Kier alpha value is -1.59. The van der Waals surface area contributed by atoms with Crippen LogP contribution >= 0.6 is 0 Å². The summed E-state index contributed by atoms with van der Waals surface area (Å²) in [6.07, 6.45) is -0.749. The highest BCUT2D eigenvalue weighted by Gasteiger charge is 2.30. The Balaban J connectivity index is 2.54. The van der Waals surface area contributed by atoms with E-state index in [0.29, 0.717) is 0 Å². The van der Waals surface area contributed by atoms with Crippen LogP contribution in [-0.4, -0.2) is 30.8 Å². The van der Waals surface area contributed by atoms with Crippen LogP contribution in [0.3, 0.4) is 0 Å². The SMILES string of the molecule is COC(=O)C1=NOC(C(N)=O)C1. The van der Waals surface area contributed by atoms with Gasteiger partial charge in [0.25, 0.3) is 5.91 Å². The van der Waals surface area contributed by atoms with Crippen molar-refractivity contribution < 1.29 is 19.2 Å². The van der Waals surface area contributed by atoms with Crippen molar-refractivity contribution in [1.29, 1.82) is 0 Å². The van der Waals surface area contributed by atoms with Gasteiger partial charge in [-0.2, -0.15) is 0 Å². The number of nitrogens with two attached hydrogens (primary N) is 1. The Labute approximate surface area is 68.3 Å². The summed E-state index contributed by atoms with van der Waals surface area (Å²) in [7, 11) is 1.22. The van der Waals surface area contributed by atoms with Crippen molar-refractivity contribution in [2.45, 2.75) is 12.5 Å². The number of carbonyl (C=O) groups is 2. The molecule has 0 fully saturated rings. The molecular formula is C6H8N2O4. The van der Waals surface area contributed by atoms with E-state index in [1.54, 1.807) is 0 Å². The summed E-state index contributed by atoms with van der Waals surface area (Å²) in [6.45, 7) is 0. The van der Waals surface area contributed by atoms with Gasteiger partial charge in [-0.1, -0.05) is 5.16 Å². The lowest BCUT2D eigenvalue weighted by molar-refractivity contribution is -0.132. The van der Waals surface area contributed by atoms with Gasteiger partial charge in [-0.05, 0) is 0 Å². The second-order valence-electron chi connectivity index (χ2n) is 2.23. The van der Waals surface area contributed by atoms with Crippen molar-refractivity contribution in [2.24, 2.45) is 10.9 Å². The van der Waals surface area contributed by atoms with Gasteiger partial charge in [-0.15, -0.1) is 0 Å². The van der Waals surface area contributed by atoms with Crippen molar-refractivity contribution in [3.63, 3.8) is 0 Å². The minimum Gasteiger partial charge on any atom is -0.464 e. The molecule has 1 heterocycles. The van der Waals surface area contributed by atoms with E-state index in [1.165, 1.54) is 7.11 Å². The zero-order valence-corrected chi connectivity index (χ0v) is 6.44. The smallest absolute Gasteiger partial charge is 0.355 e. The highest BCUT2D eigenvalue weighted by Crippen LogP contribution is 2.10. The van der Waals surface area contributed by atoms with Crippen molar-refractivity contribution in [2.75, 3.05) is 7.11 Å². The number of oxime groups is 1. The second-order valence-corrected chi connectivity index (χ2v) is 2.23. The van der Waals surface area contributed by atoms with Crippen LogP contribution < -0.4 is 5.73 Å². The number of esters is 1. The van der Waals surface area contributed by atoms with E-state index in [-0.39, 0.29) is 12.1 Å². The van der Waals surface area contributed by atoms with Gasteiger partial charge < -0.3 is 15.3 Å². The molecule has 1 rings (SSSR count). The first-order valence-electron chi connectivity index (χ1n) is 3.25. The highest BCUT2D eigenvalue weighted by molar-refractivity contribution is 6.37. The Morgan fingerprint density at radius 1 is 1.75 bits per heavy atom. The molecule has 0 aromatic heterocycles. The minimum absolute atomic E-state index is 0.0845. The first-order valence-corrected chi connectivity index (χ1v) is 3.25. The highest BCUT2D eigenvalue weighted by atomic mass is 16.7. The molecule has 0 aromatic rings. The van der Waals surface area contributed by atoms with Gasteiger partial charge in [0.1, 0.15) is 0 Å². The molecule has 1 aliphatic rings. The molecule has 66 valence electrons. The van der Waals surface area contributed by atoms with Gasteiger partial charge in [0.2, 0.25) is 6.10 Å². The number of amides is 1. The van der Waals surface area contributed by atoms with Crippen LogP contribution in [0.1, 0.15) is 6.42 Å². The summed E-state index contributed by atoms with van der Waals surface area (Å²) < 4.78 is 4.36. The second kappa shape index (κ2) is 3.21. The molecule has 1 atom stereocenters. The van der Waals surface area contributed by atoms with E-state index in [9.17, 15) is 9.59 Å². The van der Waals surface area contributed by atoms with Crippen molar-refractivity contribution in [1.82, 2.24) is 0 Å². The van der Waals surface area contributed by atoms with Crippen molar-refractivity contribution >= 4 is 17.6 Å². The third-order valence-corrected chi connectivity index (χ3v) is 1.41. The van der Waals surface area contributed by atoms with Crippen molar-refractivity contribution in [3.8, 4) is 0 Å². The molecule has 2 N–H and O–H groups in total. The number of carbonyl (C=O) groups excluding carboxylic acids is 2. The number of nitrogens with zero attached hydrogens (tertiary/aromatic N) is 1. The molecule has 6 nitrogen and oxygen atoms in total. The molecular weight excluding hydrogens is 164 g/mol. The lowest BCUT2D eigenvalue weighted by Gasteiger charge is -1.99. The number of hydrogen-bond acceptors (Lipinski definition) is 5. The number of methoxy groups -OCH3 is 1. The molecule has 0 radical (unpaired) electrons. The first-order chi connectivity index (χ1) is 5.65. The molecule has 12 heavy (non-hydrogen) atoms. The molecule has 1 aliphatic heterocycles. The summed E-state index contributed by atoms with van der Waals surface area (Å²) in [5, 5.41) is 3.35. The molecule has 1 unspecified atom stereocenters. The van der Waals surface area contributed by atoms with Gasteiger partial charge in [-0.25, -0.2) is 4.79 Å². The fraction of sp³-hybridized carbons (Fsp3) is 0.500. The third-order valence-electron chi connectivity index (χ3n) is 1.41. The normalized spacial score (nSPS) is 21.1. The van der Waals surface area contributed by atoms with Crippen LogP contribution in [0.25, 0.3) is 0 Å². The van der Waals surface area contributed by atoms with E-state index in [0.717, 1.165) is 0 Å². The van der Waals surface area contributed by atoms with Gasteiger partial charge in [-0.3, -0.25) is 4.79 Å². The molecule has 1 amide bonds. The molecule has 0 aliphatic carbocycles. The zero-order chi connectivity index (χ0) is 9.14. The maximum atomic E-state index is 10.8.